The van der Waals surface area contributed by atoms with E-state index in [-0.39, 0.29) is 5.91 Å². The molecule has 21 heavy (non-hydrogen) atoms. The van der Waals surface area contributed by atoms with Crippen LogP contribution in [0.4, 0.5) is 0 Å². The lowest BCUT2D eigenvalue weighted by molar-refractivity contribution is 0.0949. The van der Waals surface area contributed by atoms with Crippen LogP contribution in [-0.2, 0) is 6.54 Å². The Morgan fingerprint density at radius 3 is 2.29 bits per heavy atom. The number of hydrogen-bond acceptors (Lipinski definition) is 2. The number of nitrogens with one attached hydrogen (secondary N) is 1. The number of benzene rings is 2. The Balaban J connectivity index is 2.02. The number of carbonyl (C=O) groups is 2. The molecule has 0 spiro atoms. The molecule has 3 N–H and O–H groups in total. The number of primary amides is 1. The molecular formula is C15H12Cl2N2O2. The lowest BCUT2D eigenvalue weighted by atomic mass is 10.1. The van der Waals surface area contributed by atoms with E-state index < -0.39 is 5.91 Å². The Kier molecular flexibility index (Phi) is 4.83. The van der Waals surface area contributed by atoms with Crippen LogP contribution < -0.4 is 11.1 Å². The second-order valence-electron chi connectivity index (χ2n) is 4.37. The third-order valence-corrected chi connectivity index (χ3v) is 3.42. The van der Waals surface area contributed by atoms with Gasteiger partial charge in [0.15, 0.2) is 0 Å². The van der Waals surface area contributed by atoms with Gasteiger partial charge in [-0.15, -0.1) is 0 Å². The molecule has 2 aromatic rings. The highest BCUT2D eigenvalue weighted by Crippen LogP contribution is 2.20. The first-order valence-corrected chi connectivity index (χ1v) is 6.85. The van der Waals surface area contributed by atoms with Crippen molar-refractivity contribution in [3.63, 3.8) is 0 Å². The van der Waals surface area contributed by atoms with Gasteiger partial charge in [0, 0.05) is 17.1 Å². The lowest BCUT2D eigenvalue weighted by Gasteiger charge is -2.07. The smallest absolute Gasteiger partial charge is 0.253 e. The summed E-state index contributed by atoms with van der Waals surface area (Å²) in [6.07, 6.45) is 0. The van der Waals surface area contributed by atoms with Gasteiger partial charge in [-0.05, 0) is 35.9 Å². The maximum absolute atomic E-state index is 12.0. The molecule has 0 aliphatic carbocycles. The normalized spacial score (nSPS) is 10.2. The monoisotopic (exact) mass is 322 g/mol. The van der Waals surface area contributed by atoms with E-state index in [0.717, 1.165) is 5.56 Å². The van der Waals surface area contributed by atoms with E-state index in [2.05, 4.69) is 5.32 Å². The average molecular weight is 323 g/mol. The molecule has 0 radical (unpaired) electrons. The fraction of sp³-hybridized carbons (Fsp3) is 0.0667. The number of carbonyl (C=O) groups excluding carboxylic acids is 2. The Bertz CT molecular complexity index is 685. The molecule has 0 aromatic heterocycles. The standard InChI is InChI=1S/C15H12Cl2N2O2/c16-11-5-6-12(13(17)7-11)15(21)19-8-9-1-3-10(4-2-9)14(18)20/h1-7H,8H2,(H2,18,20)(H,19,21). The molecule has 0 aliphatic heterocycles. The van der Waals surface area contributed by atoms with Gasteiger partial charge in [0.05, 0.1) is 10.6 Å². The second-order valence-corrected chi connectivity index (χ2v) is 5.21. The molecule has 0 bridgehead atoms. The summed E-state index contributed by atoms with van der Waals surface area (Å²) in [6, 6.07) is 11.4. The van der Waals surface area contributed by atoms with Gasteiger partial charge in [0.2, 0.25) is 5.91 Å². The van der Waals surface area contributed by atoms with Crippen molar-refractivity contribution < 1.29 is 9.59 Å². The number of hydrogen-bond donors (Lipinski definition) is 2. The topological polar surface area (TPSA) is 72.2 Å². The molecule has 0 fully saturated rings. The first-order chi connectivity index (χ1) is 9.97. The van der Waals surface area contributed by atoms with Gasteiger partial charge in [-0.1, -0.05) is 35.3 Å². The van der Waals surface area contributed by atoms with E-state index in [1.54, 1.807) is 36.4 Å². The molecule has 0 atom stereocenters. The third-order valence-electron chi connectivity index (χ3n) is 2.87. The zero-order valence-electron chi connectivity index (χ0n) is 10.9. The summed E-state index contributed by atoms with van der Waals surface area (Å²) in [5.41, 5.74) is 6.78. The van der Waals surface area contributed by atoms with Crippen LogP contribution in [0, 0.1) is 0 Å². The fourth-order valence-corrected chi connectivity index (χ4v) is 2.23. The van der Waals surface area contributed by atoms with Crippen molar-refractivity contribution in [2.75, 3.05) is 0 Å². The van der Waals surface area contributed by atoms with E-state index in [9.17, 15) is 9.59 Å². The molecule has 4 nitrogen and oxygen atoms in total. The molecular weight excluding hydrogens is 311 g/mol. The summed E-state index contributed by atoms with van der Waals surface area (Å²) < 4.78 is 0. The SMILES string of the molecule is NC(=O)c1ccc(CNC(=O)c2ccc(Cl)cc2Cl)cc1. The van der Waals surface area contributed by atoms with Gasteiger partial charge in [0.1, 0.15) is 0 Å². The van der Waals surface area contributed by atoms with Gasteiger partial charge in [-0.2, -0.15) is 0 Å². The summed E-state index contributed by atoms with van der Waals surface area (Å²) in [4.78, 5) is 23.0. The average Bonchev–Trinajstić information content (AvgIpc) is 2.45. The molecule has 0 heterocycles. The Labute approximate surface area is 131 Å². The minimum Gasteiger partial charge on any atom is -0.366 e. The van der Waals surface area contributed by atoms with Gasteiger partial charge in [0.25, 0.3) is 5.91 Å². The highest BCUT2D eigenvalue weighted by molar-refractivity contribution is 6.36. The zero-order chi connectivity index (χ0) is 15.4. The van der Waals surface area contributed by atoms with Crippen LogP contribution in [0.2, 0.25) is 10.0 Å². The van der Waals surface area contributed by atoms with Crippen molar-refractivity contribution in [3.05, 3.63) is 69.2 Å². The molecule has 0 unspecified atom stereocenters. The summed E-state index contributed by atoms with van der Waals surface area (Å²) in [7, 11) is 0. The summed E-state index contributed by atoms with van der Waals surface area (Å²) >= 11 is 11.7. The van der Waals surface area contributed by atoms with E-state index in [1.165, 1.54) is 6.07 Å². The van der Waals surface area contributed by atoms with Crippen molar-refractivity contribution in [1.29, 1.82) is 0 Å². The summed E-state index contributed by atoms with van der Waals surface area (Å²) in [6.45, 7) is 0.316. The molecule has 2 aromatic carbocycles. The number of nitrogens with two attached hydrogens (primary N) is 1. The van der Waals surface area contributed by atoms with Crippen LogP contribution in [0.1, 0.15) is 26.3 Å². The predicted molar refractivity (Wildman–Crippen MR) is 82.6 cm³/mol. The summed E-state index contributed by atoms with van der Waals surface area (Å²) in [5.74, 6) is -0.783. The Morgan fingerprint density at radius 2 is 1.71 bits per heavy atom. The Hall–Kier alpha value is -2.04. The molecule has 108 valence electrons. The second kappa shape index (κ2) is 6.61. The van der Waals surface area contributed by atoms with Crippen molar-refractivity contribution in [3.8, 4) is 0 Å². The van der Waals surface area contributed by atoms with Gasteiger partial charge in [-0.3, -0.25) is 9.59 Å². The molecule has 6 heteroatoms. The molecule has 0 saturated heterocycles. The minimum atomic E-state index is -0.487. The maximum Gasteiger partial charge on any atom is 0.253 e. The first-order valence-electron chi connectivity index (χ1n) is 6.09. The van der Waals surface area contributed by atoms with Crippen LogP contribution in [0.5, 0.6) is 0 Å². The van der Waals surface area contributed by atoms with E-state index in [1.807, 2.05) is 0 Å². The molecule has 2 amide bonds. The predicted octanol–water partition coefficient (Wildman–Crippen LogP) is 3.02. The fourth-order valence-electron chi connectivity index (χ4n) is 1.74. The van der Waals surface area contributed by atoms with E-state index in [4.69, 9.17) is 28.9 Å². The molecule has 0 aliphatic rings. The Morgan fingerprint density at radius 1 is 1.05 bits per heavy atom. The number of halogens is 2. The van der Waals surface area contributed by atoms with Gasteiger partial charge in [-0.25, -0.2) is 0 Å². The minimum absolute atomic E-state index is 0.295. The number of amides is 2. The van der Waals surface area contributed by atoms with Crippen molar-refractivity contribution in [1.82, 2.24) is 5.32 Å². The highest BCUT2D eigenvalue weighted by atomic mass is 35.5. The van der Waals surface area contributed by atoms with Crippen LogP contribution in [0.25, 0.3) is 0 Å². The van der Waals surface area contributed by atoms with E-state index >= 15 is 0 Å². The maximum atomic E-state index is 12.0. The van der Waals surface area contributed by atoms with Crippen molar-refractivity contribution >= 4 is 35.0 Å². The first kappa shape index (κ1) is 15.4. The summed E-state index contributed by atoms with van der Waals surface area (Å²) in [5, 5.41) is 3.51. The van der Waals surface area contributed by atoms with Crippen molar-refractivity contribution in [2.45, 2.75) is 6.54 Å². The largest absolute Gasteiger partial charge is 0.366 e. The van der Waals surface area contributed by atoms with Crippen LogP contribution in [0.15, 0.2) is 42.5 Å². The van der Waals surface area contributed by atoms with Crippen LogP contribution in [0.3, 0.4) is 0 Å². The zero-order valence-corrected chi connectivity index (χ0v) is 12.4. The highest BCUT2D eigenvalue weighted by Gasteiger charge is 2.10. The van der Waals surface area contributed by atoms with Crippen molar-refractivity contribution in [2.24, 2.45) is 5.73 Å². The molecule has 2 rings (SSSR count). The quantitative estimate of drug-likeness (QED) is 0.908. The lowest BCUT2D eigenvalue weighted by Crippen LogP contribution is -2.23. The van der Waals surface area contributed by atoms with E-state index in [0.29, 0.717) is 27.7 Å². The third kappa shape index (κ3) is 3.97. The molecule has 0 saturated carbocycles. The van der Waals surface area contributed by atoms with Crippen LogP contribution >= 0.6 is 23.2 Å². The van der Waals surface area contributed by atoms with Gasteiger partial charge < -0.3 is 11.1 Å². The number of rotatable bonds is 4. The van der Waals surface area contributed by atoms with Gasteiger partial charge >= 0.3 is 0 Å². The van der Waals surface area contributed by atoms with Crippen LogP contribution in [-0.4, -0.2) is 11.8 Å².